The molecule has 0 amide bonds. The van der Waals surface area contributed by atoms with Gasteiger partial charge >= 0.3 is 0 Å². The maximum Gasteiger partial charge on any atom is 0.122 e. The van der Waals surface area contributed by atoms with Crippen molar-refractivity contribution in [1.82, 2.24) is 9.78 Å². The summed E-state index contributed by atoms with van der Waals surface area (Å²) >= 11 is 0. The maximum absolute atomic E-state index is 5.95. The molecule has 1 aliphatic heterocycles. The van der Waals surface area contributed by atoms with Crippen molar-refractivity contribution in [2.75, 3.05) is 12.3 Å². The molecule has 1 atom stereocenters. The minimum absolute atomic E-state index is 0.289. The lowest BCUT2D eigenvalue weighted by Gasteiger charge is -2.25. The van der Waals surface area contributed by atoms with E-state index >= 15 is 0 Å². The van der Waals surface area contributed by atoms with Crippen molar-refractivity contribution in [3.05, 3.63) is 41.7 Å². The molecule has 0 saturated carbocycles. The topological polar surface area (TPSA) is 53.1 Å². The summed E-state index contributed by atoms with van der Waals surface area (Å²) < 4.78 is 7.62. The van der Waals surface area contributed by atoms with E-state index in [0.29, 0.717) is 6.61 Å². The molecule has 4 nitrogen and oxygen atoms in total. The molecule has 2 aromatic rings. The van der Waals surface area contributed by atoms with Crippen molar-refractivity contribution in [2.45, 2.75) is 12.3 Å². The van der Waals surface area contributed by atoms with Crippen molar-refractivity contribution < 1.29 is 4.74 Å². The smallest absolute Gasteiger partial charge is 0.122 e. The highest BCUT2D eigenvalue weighted by Gasteiger charge is 2.25. The molecular formula is C13H15N3O. The number of fused-ring (bicyclic) bond motifs is 1. The zero-order valence-corrected chi connectivity index (χ0v) is 9.76. The summed E-state index contributed by atoms with van der Waals surface area (Å²) in [7, 11) is 1.92. The number of anilines is 1. The highest BCUT2D eigenvalue weighted by molar-refractivity contribution is 5.46. The van der Waals surface area contributed by atoms with Crippen molar-refractivity contribution >= 4 is 5.69 Å². The van der Waals surface area contributed by atoms with Gasteiger partial charge in [0.15, 0.2) is 0 Å². The minimum Gasteiger partial charge on any atom is -0.493 e. The Bertz CT molecular complexity index is 528. The molecule has 2 N–H and O–H groups in total. The predicted octanol–water partition coefficient (Wildman–Crippen LogP) is 1.72. The van der Waals surface area contributed by atoms with Crippen LogP contribution >= 0.6 is 0 Å². The number of nitrogens with zero attached hydrogens (tertiary/aromatic N) is 2. The minimum atomic E-state index is 0.289. The van der Waals surface area contributed by atoms with Crippen molar-refractivity contribution in [3.8, 4) is 5.75 Å². The number of nitrogens with two attached hydrogens (primary N) is 1. The molecule has 0 aliphatic carbocycles. The Kier molecular flexibility index (Phi) is 2.28. The first-order valence-electron chi connectivity index (χ1n) is 5.74. The van der Waals surface area contributed by atoms with E-state index in [1.54, 1.807) is 6.20 Å². The number of hydrogen-bond donors (Lipinski definition) is 1. The lowest BCUT2D eigenvalue weighted by atomic mass is 9.93. The second-order valence-corrected chi connectivity index (χ2v) is 4.43. The van der Waals surface area contributed by atoms with Gasteiger partial charge < -0.3 is 10.5 Å². The summed E-state index contributed by atoms with van der Waals surface area (Å²) in [4.78, 5) is 0. The van der Waals surface area contributed by atoms with Crippen molar-refractivity contribution in [3.63, 3.8) is 0 Å². The van der Waals surface area contributed by atoms with Gasteiger partial charge in [-0.05, 0) is 18.1 Å². The summed E-state index contributed by atoms with van der Waals surface area (Å²) in [5, 5.41) is 4.18. The van der Waals surface area contributed by atoms with Crippen molar-refractivity contribution in [1.29, 1.82) is 0 Å². The summed E-state index contributed by atoms with van der Waals surface area (Å²) in [6.45, 7) is 0.667. The molecule has 3 rings (SSSR count). The van der Waals surface area contributed by atoms with Gasteiger partial charge in [-0.3, -0.25) is 4.68 Å². The Hall–Kier alpha value is -1.97. The first-order valence-corrected chi connectivity index (χ1v) is 5.74. The third-order valence-corrected chi connectivity index (χ3v) is 3.28. The molecule has 0 spiro atoms. The van der Waals surface area contributed by atoms with Crippen LogP contribution in [-0.4, -0.2) is 16.4 Å². The van der Waals surface area contributed by atoms with E-state index in [4.69, 9.17) is 10.5 Å². The van der Waals surface area contributed by atoms with E-state index in [1.165, 1.54) is 5.56 Å². The molecule has 1 aromatic heterocycles. The molecule has 17 heavy (non-hydrogen) atoms. The molecule has 1 aromatic carbocycles. The number of nitrogen functional groups attached to an aromatic ring is 1. The number of aryl methyl sites for hydroxylation is 1. The highest BCUT2D eigenvalue weighted by Crippen LogP contribution is 2.33. The summed E-state index contributed by atoms with van der Waals surface area (Å²) in [5.74, 6) is 1.28. The van der Waals surface area contributed by atoms with Crippen LogP contribution in [-0.2, 0) is 13.5 Å². The van der Waals surface area contributed by atoms with E-state index in [1.807, 2.05) is 29.9 Å². The molecule has 0 radical (unpaired) electrons. The molecule has 2 heterocycles. The van der Waals surface area contributed by atoms with Gasteiger partial charge in [-0.1, -0.05) is 18.2 Å². The van der Waals surface area contributed by atoms with E-state index in [2.05, 4.69) is 11.2 Å². The van der Waals surface area contributed by atoms with Gasteiger partial charge in [0.1, 0.15) is 5.75 Å². The van der Waals surface area contributed by atoms with Crippen LogP contribution in [0.25, 0.3) is 0 Å². The van der Waals surface area contributed by atoms with Crippen molar-refractivity contribution in [2.24, 2.45) is 7.05 Å². The molecule has 1 aliphatic rings. The quantitative estimate of drug-likeness (QED) is 0.810. The van der Waals surface area contributed by atoms with Crippen LogP contribution in [0.2, 0.25) is 0 Å². The van der Waals surface area contributed by atoms with Gasteiger partial charge in [0, 0.05) is 13.0 Å². The van der Waals surface area contributed by atoms with Gasteiger partial charge in [-0.25, -0.2) is 0 Å². The summed E-state index contributed by atoms with van der Waals surface area (Å²) in [6, 6.07) is 8.15. The number of benzene rings is 1. The van der Waals surface area contributed by atoms with Crippen LogP contribution < -0.4 is 10.5 Å². The molecular weight excluding hydrogens is 214 g/mol. The fourth-order valence-electron chi connectivity index (χ4n) is 2.47. The number of rotatable bonds is 1. The molecule has 0 bridgehead atoms. The number of hydrogen-bond acceptors (Lipinski definition) is 3. The summed E-state index contributed by atoms with van der Waals surface area (Å²) in [5.41, 5.74) is 9.01. The Morgan fingerprint density at radius 1 is 1.41 bits per heavy atom. The van der Waals surface area contributed by atoms with Gasteiger partial charge in [-0.2, -0.15) is 5.10 Å². The van der Waals surface area contributed by atoms with Gasteiger partial charge in [0.25, 0.3) is 0 Å². The monoisotopic (exact) mass is 229 g/mol. The first kappa shape index (κ1) is 10.2. The fourth-order valence-corrected chi connectivity index (χ4v) is 2.47. The zero-order valence-electron chi connectivity index (χ0n) is 9.76. The Morgan fingerprint density at radius 3 is 3.00 bits per heavy atom. The normalized spacial score (nSPS) is 18.5. The Balaban J connectivity index is 1.95. The fraction of sp³-hybridized carbons (Fsp3) is 0.308. The second kappa shape index (κ2) is 3.80. The van der Waals surface area contributed by atoms with Crippen LogP contribution in [0.4, 0.5) is 5.69 Å². The first-order chi connectivity index (χ1) is 8.25. The number of para-hydroxylation sites is 1. The molecule has 1 unspecified atom stereocenters. The number of ether oxygens (including phenoxy) is 1. The lowest BCUT2D eigenvalue weighted by Crippen LogP contribution is -2.22. The Labute approximate surface area is 100 Å². The third kappa shape index (κ3) is 1.65. The van der Waals surface area contributed by atoms with Crippen LogP contribution in [0.1, 0.15) is 17.2 Å². The average molecular weight is 229 g/mol. The van der Waals surface area contributed by atoms with E-state index in [0.717, 1.165) is 23.6 Å². The van der Waals surface area contributed by atoms with E-state index in [-0.39, 0.29) is 5.92 Å². The zero-order chi connectivity index (χ0) is 11.8. The SMILES string of the molecule is Cn1ncc(N)c1C1COc2ccccc2C1. The number of aromatic nitrogens is 2. The van der Waals surface area contributed by atoms with Crippen LogP contribution in [0.3, 0.4) is 0 Å². The molecule has 0 saturated heterocycles. The van der Waals surface area contributed by atoms with Crippen LogP contribution in [0.15, 0.2) is 30.5 Å². The third-order valence-electron chi connectivity index (χ3n) is 3.28. The van der Waals surface area contributed by atoms with Gasteiger partial charge in [0.05, 0.1) is 24.2 Å². The molecule has 88 valence electrons. The standard InChI is InChI=1S/C13H15N3O/c1-16-13(11(14)7-15-16)10-6-9-4-2-3-5-12(9)17-8-10/h2-5,7,10H,6,8,14H2,1H3. The van der Waals surface area contributed by atoms with E-state index < -0.39 is 0 Å². The van der Waals surface area contributed by atoms with Crippen LogP contribution in [0.5, 0.6) is 5.75 Å². The van der Waals surface area contributed by atoms with Gasteiger partial charge in [0.2, 0.25) is 0 Å². The lowest BCUT2D eigenvalue weighted by molar-refractivity contribution is 0.257. The summed E-state index contributed by atoms with van der Waals surface area (Å²) in [6.07, 6.45) is 2.66. The van der Waals surface area contributed by atoms with Crippen LogP contribution in [0, 0.1) is 0 Å². The maximum atomic E-state index is 5.95. The highest BCUT2D eigenvalue weighted by atomic mass is 16.5. The largest absolute Gasteiger partial charge is 0.493 e. The van der Waals surface area contributed by atoms with E-state index in [9.17, 15) is 0 Å². The molecule has 0 fully saturated rings. The Morgan fingerprint density at radius 2 is 2.24 bits per heavy atom. The molecule has 4 heteroatoms. The predicted molar refractivity (Wildman–Crippen MR) is 66.0 cm³/mol. The second-order valence-electron chi connectivity index (χ2n) is 4.43. The average Bonchev–Trinajstić information content (AvgIpc) is 2.68. The van der Waals surface area contributed by atoms with Gasteiger partial charge in [-0.15, -0.1) is 0 Å².